The van der Waals surface area contributed by atoms with Gasteiger partial charge in [-0.3, -0.25) is 0 Å². The molecule has 0 amide bonds. The Balaban J connectivity index is 1.94. The van der Waals surface area contributed by atoms with E-state index in [1.807, 2.05) is 12.1 Å². The van der Waals surface area contributed by atoms with Gasteiger partial charge >= 0.3 is 0 Å². The molecule has 0 spiro atoms. The molecule has 1 aliphatic carbocycles. The highest BCUT2D eigenvalue weighted by Crippen LogP contribution is 2.28. The molecule has 0 radical (unpaired) electrons. The monoisotopic (exact) mass is 270 g/mol. The molecule has 1 aliphatic rings. The Morgan fingerprint density at radius 3 is 2.65 bits per heavy atom. The minimum Gasteiger partial charge on any atom is -0.310 e. The molecule has 1 fully saturated rings. The van der Waals surface area contributed by atoms with E-state index in [1.54, 1.807) is 0 Å². The molecular formula is C18H26N2. The van der Waals surface area contributed by atoms with E-state index in [0.29, 0.717) is 6.04 Å². The topological polar surface area (TPSA) is 35.8 Å². The Morgan fingerprint density at radius 2 is 2.05 bits per heavy atom. The van der Waals surface area contributed by atoms with Crippen molar-refractivity contribution in [3.8, 4) is 6.07 Å². The van der Waals surface area contributed by atoms with E-state index < -0.39 is 0 Å². The molecule has 1 N–H and O–H groups in total. The van der Waals surface area contributed by atoms with Crippen molar-refractivity contribution < 1.29 is 0 Å². The molecule has 20 heavy (non-hydrogen) atoms. The van der Waals surface area contributed by atoms with Crippen molar-refractivity contribution >= 4 is 0 Å². The fourth-order valence-corrected chi connectivity index (χ4v) is 3.39. The number of rotatable bonds is 5. The molecule has 0 bridgehead atoms. The normalized spacial score (nSPS) is 17.6. The lowest BCUT2D eigenvalue weighted by atomic mass is 9.83. The summed E-state index contributed by atoms with van der Waals surface area (Å²) in [4.78, 5) is 0. The van der Waals surface area contributed by atoms with Crippen molar-refractivity contribution in [2.75, 3.05) is 0 Å². The fourth-order valence-electron chi connectivity index (χ4n) is 3.39. The van der Waals surface area contributed by atoms with Crippen molar-refractivity contribution in [2.45, 2.75) is 65.0 Å². The molecule has 0 heterocycles. The zero-order valence-corrected chi connectivity index (χ0v) is 12.8. The van der Waals surface area contributed by atoms with Gasteiger partial charge in [-0.2, -0.15) is 5.26 Å². The largest absolute Gasteiger partial charge is 0.310 e. The first kappa shape index (κ1) is 15.1. The van der Waals surface area contributed by atoms with Crippen LogP contribution in [0.5, 0.6) is 0 Å². The van der Waals surface area contributed by atoms with Crippen molar-refractivity contribution in [1.29, 1.82) is 5.26 Å². The van der Waals surface area contributed by atoms with Crippen molar-refractivity contribution in [2.24, 2.45) is 5.92 Å². The SMILES string of the molecule is CCC(NCc1ccc(C#N)cc1C)C1CCCCC1. The molecule has 1 aromatic carbocycles. The van der Waals surface area contributed by atoms with Crippen LogP contribution in [0.3, 0.4) is 0 Å². The van der Waals surface area contributed by atoms with Crippen LogP contribution in [0.2, 0.25) is 0 Å². The van der Waals surface area contributed by atoms with Gasteiger partial charge in [-0.15, -0.1) is 0 Å². The van der Waals surface area contributed by atoms with Crippen LogP contribution < -0.4 is 5.32 Å². The van der Waals surface area contributed by atoms with Gasteiger partial charge in [0, 0.05) is 12.6 Å². The number of hydrogen-bond acceptors (Lipinski definition) is 2. The lowest BCUT2D eigenvalue weighted by Gasteiger charge is -2.30. The average Bonchev–Trinajstić information content (AvgIpc) is 2.50. The van der Waals surface area contributed by atoms with Gasteiger partial charge in [0.15, 0.2) is 0 Å². The minimum atomic E-state index is 0.644. The predicted molar refractivity (Wildman–Crippen MR) is 83.4 cm³/mol. The van der Waals surface area contributed by atoms with Crippen molar-refractivity contribution in [3.05, 3.63) is 34.9 Å². The van der Waals surface area contributed by atoms with Crippen LogP contribution >= 0.6 is 0 Å². The number of nitrogens with one attached hydrogen (secondary N) is 1. The predicted octanol–water partition coefficient (Wildman–Crippen LogP) is 4.32. The van der Waals surface area contributed by atoms with E-state index in [-0.39, 0.29) is 0 Å². The number of nitrogens with zero attached hydrogens (tertiary/aromatic N) is 1. The third-order valence-electron chi connectivity index (χ3n) is 4.69. The van der Waals surface area contributed by atoms with Crippen molar-refractivity contribution in [1.82, 2.24) is 5.32 Å². The van der Waals surface area contributed by atoms with Gasteiger partial charge in [-0.25, -0.2) is 0 Å². The maximum atomic E-state index is 8.91. The molecular weight excluding hydrogens is 244 g/mol. The number of nitriles is 1. The smallest absolute Gasteiger partial charge is 0.0991 e. The molecule has 0 aromatic heterocycles. The standard InChI is InChI=1S/C18H26N2/c1-3-18(16-7-5-4-6-8-16)20-13-17-10-9-15(12-19)11-14(17)2/h9-11,16,18,20H,3-8,13H2,1-2H3. The molecule has 2 heteroatoms. The second-order valence-electron chi connectivity index (χ2n) is 6.05. The summed E-state index contributed by atoms with van der Waals surface area (Å²) < 4.78 is 0. The molecule has 1 atom stereocenters. The molecule has 1 saturated carbocycles. The maximum Gasteiger partial charge on any atom is 0.0991 e. The second-order valence-corrected chi connectivity index (χ2v) is 6.05. The first-order valence-corrected chi connectivity index (χ1v) is 7.97. The Labute approximate surface area is 123 Å². The zero-order chi connectivity index (χ0) is 14.4. The first-order chi connectivity index (χ1) is 9.74. The van der Waals surface area contributed by atoms with Crippen LogP contribution in [-0.4, -0.2) is 6.04 Å². The van der Waals surface area contributed by atoms with Crippen LogP contribution in [0.4, 0.5) is 0 Å². The van der Waals surface area contributed by atoms with Crippen LogP contribution in [0, 0.1) is 24.2 Å². The third-order valence-corrected chi connectivity index (χ3v) is 4.69. The highest BCUT2D eigenvalue weighted by Gasteiger charge is 2.21. The summed E-state index contributed by atoms with van der Waals surface area (Å²) in [6.45, 7) is 5.31. The van der Waals surface area contributed by atoms with Gasteiger partial charge in [0.05, 0.1) is 11.6 Å². The van der Waals surface area contributed by atoms with Crippen molar-refractivity contribution in [3.63, 3.8) is 0 Å². The molecule has 108 valence electrons. The molecule has 0 aliphatic heterocycles. The Hall–Kier alpha value is -1.33. The summed E-state index contributed by atoms with van der Waals surface area (Å²) in [6, 6.07) is 8.84. The third kappa shape index (κ3) is 3.84. The van der Waals surface area contributed by atoms with E-state index in [1.165, 1.54) is 49.7 Å². The summed E-state index contributed by atoms with van der Waals surface area (Å²) >= 11 is 0. The van der Waals surface area contributed by atoms with Crippen LogP contribution in [0.1, 0.15) is 62.1 Å². The summed E-state index contributed by atoms with van der Waals surface area (Å²) in [7, 11) is 0. The average molecular weight is 270 g/mol. The minimum absolute atomic E-state index is 0.644. The highest BCUT2D eigenvalue weighted by atomic mass is 14.9. The summed E-state index contributed by atoms with van der Waals surface area (Å²) in [5, 5.41) is 12.7. The quantitative estimate of drug-likeness (QED) is 0.865. The summed E-state index contributed by atoms with van der Waals surface area (Å²) in [6.07, 6.45) is 8.20. The molecule has 0 saturated heterocycles. The van der Waals surface area contributed by atoms with E-state index in [2.05, 4.69) is 31.3 Å². The molecule has 2 rings (SSSR count). The van der Waals surface area contributed by atoms with E-state index in [4.69, 9.17) is 5.26 Å². The Kier molecular flexibility index (Phi) is 5.61. The lowest BCUT2D eigenvalue weighted by molar-refractivity contribution is 0.261. The van der Waals surface area contributed by atoms with Gasteiger partial charge in [0.1, 0.15) is 0 Å². The summed E-state index contributed by atoms with van der Waals surface area (Å²) in [5.74, 6) is 0.854. The highest BCUT2D eigenvalue weighted by molar-refractivity contribution is 5.37. The Morgan fingerprint density at radius 1 is 1.30 bits per heavy atom. The van der Waals surface area contributed by atoms with Crippen LogP contribution in [0.25, 0.3) is 0 Å². The zero-order valence-electron chi connectivity index (χ0n) is 12.8. The van der Waals surface area contributed by atoms with E-state index in [9.17, 15) is 0 Å². The molecule has 1 unspecified atom stereocenters. The fraction of sp³-hybridized carbons (Fsp3) is 0.611. The second kappa shape index (κ2) is 7.45. The van der Waals surface area contributed by atoms with Crippen LogP contribution in [0.15, 0.2) is 18.2 Å². The summed E-state index contributed by atoms with van der Waals surface area (Å²) in [5.41, 5.74) is 3.29. The maximum absolute atomic E-state index is 8.91. The Bertz CT molecular complexity index is 467. The van der Waals surface area contributed by atoms with Gasteiger partial charge in [0.25, 0.3) is 0 Å². The molecule has 2 nitrogen and oxygen atoms in total. The number of aryl methyl sites for hydroxylation is 1. The van der Waals surface area contributed by atoms with E-state index in [0.717, 1.165) is 18.0 Å². The number of hydrogen-bond donors (Lipinski definition) is 1. The van der Waals surface area contributed by atoms with Gasteiger partial charge in [-0.05, 0) is 55.4 Å². The van der Waals surface area contributed by atoms with Gasteiger partial charge in [0.2, 0.25) is 0 Å². The van der Waals surface area contributed by atoms with Gasteiger partial charge < -0.3 is 5.32 Å². The molecule has 1 aromatic rings. The first-order valence-electron chi connectivity index (χ1n) is 7.97. The van der Waals surface area contributed by atoms with Crippen LogP contribution in [-0.2, 0) is 6.54 Å². The van der Waals surface area contributed by atoms with Gasteiger partial charge in [-0.1, -0.05) is 32.3 Å². The van der Waals surface area contributed by atoms with E-state index >= 15 is 0 Å². The lowest BCUT2D eigenvalue weighted by Crippen LogP contribution is -2.36. The number of benzene rings is 1.